The number of nitrogens with zero attached hydrogens (tertiary/aromatic N) is 4. The predicted molar refractivity (Wildman–Crippen MR) is 79.9 cm³/mol. The Bertz CT molecular complexity index is 606. The Morgan fingerprint density at radius 1 is 1.19 bits per heavy atom. The molecule has 8 heteroatoms. The van der Waals surface area contributed by atoms with Gasteiger partial charge in [0.25, 0.3) is 0 Å². The first-order valence-electron chi connectivity index (χ1n) is 7.01. The molecule has 0 saturated carbocycles. The van der Waals surface area contributed by atoms with Crippen LogP contribution in [0, 0.1) is 6.92 Å². The molecule has 4 N–H and O–H groups in total. The number of rotatable bonds is 5. The van der Waals surface area contributed by atoms with E-state index in [0.29, 0.717) is 24.4 Å². The molecule has 8 nitrogen and oxygen atoms in total. The number of aryl methyl sites for hydroxylation is 1. The van der Waals surface area contributed by atoms with Crippen molar-refractivity contribution in [3.63, 3.8) is 0 Å². The van der Waals surface area contributed by atoms with Crippen LogP contribution >= 0.6 is 0 Å². The van der Waals surface area contributed by atoms with Crippen molar-refractivity contribution in [1.82, 2.24) is 15.0 Å². The summed E-state index contributed by atoms with van der Waals surface area (Å²) in [6.07, 6.45) is 2.32. The molecule has 0 radical (unpaired) electrons. The van der Waals surface area contributed by atoms with Gasteiger partial charge in [-0.3, -0.25) is 5.43 Å². The van der Waals surface area contributed by atoms with Gasteiger partial charge in [0.1, 0.15) is 11.5 Å². The van der Waals surface area contributed by atoms with E-state index in [4.69, 9.17) is 10.3 Å². The Balaban J connectivity index is 1.75. The first-order valence-corrected chi connectivity index (χ1v) is 7.01. The van der Waals surface area contributed by atoms with Crippen molar-refractivity contribution in [2.24, 2.45) is 5.84 Å². The molecule has 0 bridgehead atoms. The van der Waals surface area contributed by atoms with Crippen molar-refractivity contribution >= 4 is 17.8 Å². The molecule has 21 heavy (non-hydrogen) atoms. The number of hydrogen-bond donors (Lipinski definition) is 3. The van der Waals surface area contributed by atoms with Gasteiger partial charge in [0.05, 0.1) is 6.54 Å². The lowest BCUT2D eigenvalue weighted by atomic mass is 10.4. The van der Waals surface area contributed by atoms with E-state index in [2.05, 4.69) is 30.6 Å². The van der Waals surface area contributed by atoms with E-state index >= 15 is 0 Å². The maximum atomic E-state index is 5.51. The van der Waals surface area contributed by atoms with Crippen LogP contribution in [0.4, 0.5) is 17.8 Å². The Labute approximate surface area is 122 Å². The van der Waals surface area contributed by atoms with Gasteiger partial charge < -0.3 is 14.6 Å². The van der Waals surface area contributed by atoms with Gasteiger partial charge >= 0.3 is 0 Å². The summed E-state index contributed by atoms with van der Waals surface area (Å²) in [5.74, 6) is 8.62. The van der Waals surface area contributed by atoms with Crippen LogP contribution in [0.2, 0.25) is 0 Å². The monoisotopic (exact) mass is 289 g/mol. The second kappa shape index (κ2) is 5.96. The van der Waals surface area contributed by atoms with Gasteiger partial charge in [0, 0.05) is 13.1 Å². The molecule has 0 aromatic carbocycles. The van der Waals surface area contributed by atoms with E-state index < -0.39 is 0 Å². The molecule has 2 aromatic heterocycles. The minimum absolute atomic E-state index is 0.352. The zero-order valence-corrected chi connectivity index (χ0v) is 12.0. The first kappa shape index (κ1) is 13.6. The minimum atomic E-state index is 0.352. The zero-order valence-electron chi connectivity index (χ0n) is 12.0. The highest BCUT2D eigenvalue weighted by Crippen LogP contribution is 2.18. The smallest absolute Gasteiger partial charge is 0.243 e. The molecule has 0 atom stereocenters. The molecule has 2 aromatic rings. The number of hydrogen-bond acceptors (Lipinski definition) is 8. The molecular formula is C13H19N7O. The maximum absolute atomic E-state index is 5.51. The molecule has 1 fully saturated rings. The fraction of sp³-hybridized carbons (Fsp3) is 0.462. The van der Waals surface area contributed by atoms with Gasteiger partial charge in [-0.2, -0.15) is 15.0 Å². The SMILES string of the molecule is Cc1ccc(CNc2nc(NN)nc(N3CCCC3)n2)o1. The van der Waals surface area contributed by atoms with Gasteiger partial charge in [-0.25, -0.2) is 5.84 Å². The first-order chi connectivity index (χ1) is 10.2. The number of furan rings is 1. The van der Waals surface area contributed by atoms with Crippen molar-refractivity contribution in [2.75, 3.05) is 28.7 Å². The maximum Gasteiger partial charge on any atom is 0.243 e. The normalized spacial score (nSPS) is 14.5. The Hall–Kier alpha value is -2.35. The topological polar surface area (TPSA) is 105 Å². The quantitative estimate of drug-likeness (QED) is 0.558. The summed E-state index contributed by atoms with van der Waals surface area (Å²) >= 11 is 0. The predicted octanol–water partition coefficient (Wildman–Crippen LogP) is 1.27. The second-order valence-electron chi connectivity index (χ2n) is 4.99. The molecule has 1 saturated heterocycles. The van der Waals surface area contributed by atoms with Gasteiger partial charge in [0.15, 0.2) is 0 Å². The molecule has 0 unspecified atom stereocenters. The summed E-state index contributed by atoms with van der Waals surface area (Å²) < 4.78 is 5.51. The van der Waals surface area contributed by atoms with E-state index in [-0.39, 0.29) is 0 Å². The van der Waals surface area contributed by atoms with E-state index in [1.54, 1.807) is 0 Å². The van der Waals surface area contributed by atoms with Crippen molar-refractivity contribution in [2.45, 2.75) is 26.3 Å². The van der Waals surface area contributed by atoms with Gasteiger partial charge in [-0.15, -0.1) is 0 Å². The molecule has 1 aliphatic heterocycles. The number of hydrazine groups is 1. The van der Waals surface area contributed by atoms with Gasteiger partial charge in [-0.05, 0) is 31.9 Å². The van der Waals surface area contributed by atoms with Crippen LogP contribution in [0.1, 0.15) is 24.4 Å². The highest BCUT2D eigenvalue weighted by Gasteiger charge is 2.17. The van der Waals surface area contributed by atoms with E-state index in [1.165, 1.54) is 0 Å². The molecule has 0 amide bonds. The van der Waals surface area contributed by atoms with Crippen LogP contribution < -0.4 is 21.5 Å². The third kappa shape index (κ3) is 3.22. The third-order valence-corrected chi connectivity index (χ3v) is 3.36. The Morgan fingerprint density at radius 2 is 1.95 bits per heavy atom. The number of nitrogen functional groups attached to an aromatic ring is 1. The van der Waals surface area contributed by atoms with E-state index in [1.807, 2.05) is 19.1 Å². The minimum Gasteiger partial charge on any atom is -0.465 e. The van der Waals surface area contributed by atoms with Crippen molar-refractivity contribution < 1.29 is 4.42 Å². The number of anilines is 3. The van der Waals surface area contributed by atoms with Crippen LogP contribution in [-0.2, 0) is 6.54 Å². The Morgan fingerprint density at radius 3 is 2.62 bits per heavy atom. The summed E-state index contributed by atoms with van der Waals surface area (Å²) in [6, 6.07) is 3.85. The molecule has 3 rings (SSSR count). The summed E-state index contributed by atoms with van der Waals surface area (Å²) in [4.78, 5) is 15.1. The van der Waals surface area contributed by atoms with Crippen molar-refractivity contribution in [3.05, 3.63) is 23.7 Å². The number of aromatic nitrogens is 3. The van der Waals surface area contributed by atoms with Crippen LogP contribution in [0.15, 0.2) is 16.5 Å². The molecule has 0 spiro atoms. The lowest BCUT2D eigenvalue weighted by molar-refractivity contribution is 0.490. The average Bonchev–Trinajstić information content (AvgIpc) is 3.16. The summed E-state index contributed by atoms with van der Waals surface area (Å²) in [7, 11) is 0. The highest BCUT2D eigenvalue weighted by atomic mass is 16.3. The molecule has 3 heterocycles. The highest BCUT2D eigenvalue weighted by molar-refractivity contribution is 5.43. The molecule has 1 aliphatic rings. The van der Waals surface area contributed by atoms with E-state index in [0.717, 1.165) is 37.5 Å². The van der Waals surface area contributed by atoms with Crippen LogP contribution in [0.3, 0.4) is 0 Å². The largest absolute Gasteiger partial charge is 0.465 e. The summed E-state index contributed by atoms with van der Waals surface area (Å²) in [6.45, 7) is 4.35. The van der Waals surface area contributed by atoms with Crippen molar-refractivity contribution in [1.29, 1.82) is 0 Å². The van der Waals surface area contributed by atoms with Gasteiger partial charge in [-0.1, -0.05) is 0 Å². The zero-order chi connectivity index (χ0) is 14.7. The van der Waals surface area contributed by atoms with Crippen LogP contribution in [-0.4, -0.2) is 28.0 Å². The number of nitrogens with two attached hydrogens (primary N) is 1. The van der Waals surface area contributed by atoms with Crippen LogP contribution in [0.5, 0.6) is 0 Å². The summed E-state index contributed by atoms with van der Waals surface area (Å²) in [5.41, 5.74) is 2.48. The molecule has 112 valence electrons. The standard InChI is InChI=1S/C13H19N7O/c1-9-4-5-10(21-9)8-15-11-16-12(19-14)18-13(17-11)20-6-2-3-7-20/h4-5H,2-3,6-8,14H2,1H3,(H2,15,16,17,18,19). The third-order valence-electron chi connectivity index (χ3n) is 3.36. The Kier molecular flexibility index (Phi) is 3.87. The van der Waals surface area contributed by atoms with Gasteiger partial charge in [0.2, 0.25) is 17.8 Å². The molecular weight excluding hydrogens is 270 g/mol. The fourth-order valence-electron chi connectivity index (χ4n) is 2.31. The van der Waals surface area contributed by atoms with Crippen LogP contribution in [0.25, 0.3) is 0 Å². The lowest BCUT2D eigenvalue weighted by Gasteiger charge is -2.16. The summed E-state index contributed by atoms with van der Waals surface area (Å²) in [5, 5.41) is 3.13. The second-order valence-corrected chi connectivity index (χ2v) is 4.99. The average molecular weight is 289 g/mol. The van der Waals surface area contributed by atoms with E-state index in [9.17, 15) is 0 Å². The number of nitrogens with one attached hydrogen (secondary N) is 2. The lowest BCUT2D eigenvalue weighted by Crippen LogP contribution is -2.23. The molecule has 0 aliphatic carbocycles. The van der Waals surface area contributed by atoms with Crippen molar-refractivity contribution in [3.8, 4) is 0 Å². The fourth-order valence-corrected chi connectivity index (χ4v) is 2.31.